The minimum atomic E-state index is -0.122. The number of aromatic nitrogens is 4. The Morgan fingerprint density at radius 2 is 1.94 bits per heavy atom. The van der Waals surface area contributed by atoms with Crippen LogP contribution in [0.2, 0.25) is 0 Å². The van der Waals surface area contributed by atoms with E-state index in [9.17, 15) is 4.79 Å². The molecule has 7 nitrogen and oxygen atoms in total. The number of ether oxygens (including phenoxy) is 1. The van der Waals surface area contributed by atoms with Gasteiger partial charge in [-0.1, -0.05) is 23.1 Å². The zero-order valence-electron chi connectivity index (χ0n) is 19.0. The summed E-state index contributed by atoms with van der Waals surface area (Å²) < 4.78 is 6.50. The number of anilines is 1. The second kappa shape index (κ2) is 9.44. The van der Waals surface area contributed by atoms with Gasteiger partial charge in [0.2, 0.25) is 5.91 Å². The maximum Gasteiger partial charge on any atom is 0.236 e. The number of aromatic amines is 1. The average molecular weight is 490 g/mol. The van der Waals surface area contributed by atoms with Crippen LogP contribution in [-0.4, -0.2) is 38.2 Å². The lowest BCUT2D eigenvalue weighted by molar-refractivity contribution is -0.113. The molecule has 3 heterocycles. The van der Waals surface area contributed by atoms with E-state index < -0.39 is 0 Å². The van der Waals surface area contributed by atoms with Gasteiger partial charge in [0.25, 0.3) is 0 Å². The van der Waals surface area contributed by atoms with Gasteiger partial charge >= 0.3 is 0 Å². The smallest absolute Gasteiger partial charge is 0.236 e. The SMILES string of the molecule is CCOc1ccc2nc(NC(=O)CSc3ccc(-c4nc5cc(C)c(C)cc5[nH]4)cn3)sc2c1. The van der Waals surface area contributed by atoms with Gasteiger partial charge in [-0.15, -0.1) is 0 Å². The largest absolute Gasteiger partial charge is 0.494 e. The van der Waals surface area contributed by atoms with Crippen molar-refractivity contribution < 1.29 is 9.53 Å². The number of H-pyrrole nitrogens is 1. The first-order valence-electron chi connectivity index (χ1n) is 10.9. The van der Waals surface area contributed by atoms with Crippen molar-refractivity contribution >= 4 is 55.4 Å². The highest BCUT2D eigenvalue weighted by molar-refractivity contribution is 7.99. The van der Waals surface area contributed by atoms with Crippen LogP contribution in [0, 0.1) is 13.8 Å². The number of nitrogens with one attached hydrogen (secondary N) is 2. The van der Waals surface area contributed by atoms with Crippen molar-refractivity contribution in [3.8, 4) is 17.1 Å². The van der Waals surface area contributed by atoms with Crippen LogP contribution in [-0.2, 0) is 4.79 Å². The summed E-state index contributed by atoms with van der Waals surface area (Å²) in [6.45, 7) is 6.73. The monoisotopic (exact) mass is 489 g/mol. The van der Waals surface area contributed by atoms with Gasteiger partial charge in [-0.2, -0.15) is 0 Å². The molecule has 34 heavy (non-hydrogen) atoms. The van der Waals surface area contributed by atoms with Crippen LogP contribution >= 0.6 is 23.1 Å². The van der Waals surface area contributed by atoms with Crippen LogP contribution in [0.5, 0.6) is 5.75 Å². The minimum absolute atomic E-state index is 0.122. The fourth-order valence-electron chi connectivity index (χ4n) is 3.52. The number of imidazole rings is 1. The molecule has 0 saturated carbocycles. The van der Waals surface area contributed by atoms with Gasteiger partial charge in [0.1, 0.15) is 11.6 Å². The molecule has 3 aromatic heterocycles. The standard InChI is InChI=1S/C25H23N5O2S2/c1-4-32-17-6-7-18-21(11-17)34-25(29-18)30-22(31)13-33-23-8-5-16(12-26-23)24-27-19-9-14(2)15(3)10-20(19)28-24/h5-12H,4,13H2,1-3H3,(H,27,28)(H,29,30,31). The second-order valence-corrected chi connectivity index (χ2v) is 9.87. The summed E-state index contributed by atoms with van der Waals surface area (Å²) in [6, 6.07) is 13.8. The summed E-state index contributed by atoms with van der Waals surface area (Å²) >= 11 is 2.81. The van der Waals surface area contributed by atoms with E-state index in [0.717, 1.165) is 43.4 Å². The maximum atomic E-state index is 12.4. The molecular formula is C25H23N5O2S2. The van der Waals surface area contributed by atoms with E-state index in [0.29, 0.717) is 11.7 Å². The number of amides is 1. The number of fused-ring (bicyclic) bond motifs is 2. The lowest BCUT2D eigenvalue weighted by atomic mass is 10.1. The van der Waals surface area contributed by atoms with Crippen molar-refractivity contribution in [3.05, 3.63) is 59.8 Å². The Bertz CT molecular complexity index is 1450. The fourth-order valence-corrected chi connectivity index (χ4v) is 5.07. The Morgan fingerprint density at radius 3 is 2.74 bits per heavy atom. The van der Waals surface area contributed by atoms with E-state index in [-0.39, 0.29) is 11.7 Å². The minimum Gasteiger partial charge on any atom is -0.494 e. The molecule has 1 amide bonds. The van der Waals surface area contributed by atoms with Crippen LogP contribution in [0.3, 0.4) is 0 Å². The third-order valence-electron chi connectivity index (χ3n) is 5.38. The number of rotatable bonds is 7. The Morgan fingerprint density at radius 1 is 1.09 bits per heavy atom. The van der Waals surface area contributed by atoms with Crippen LogP contribution in [0.4, 0.5) is 5.13 Å². The molecule has 0 unspecified atom stereocenters. The molecule has 0 atom stereocenters. The molecule has 0 radical (unpaired) electrons. The molecule has 0 aliphatic carbocycles. The molecule has 2 N–H and O–H groups in total. The predicted molar refractivity (Wildman–Crippen MR) is 139 cm³/mol. The Balaban J connectivity index is 1.21. The van der Waals surface area contributed by atoms with Crippen molar-refractivity contribution in [3.63, 3.8) is 0 Å². The number of nitrogens with zero attached hydrogens (tertiary/aromatic N) is 3. The normalized spacial score (nSPS) is 11.3. The topological polar surface area (TPSA) is 92.8 Å². The van der Waals surface area contributed by atoms with Crippen molar-refractivity contribution in [1.82, 2.24) is 19.9 Å². The van der Waals surface area contributed by atoms with Crippen molar-refractivity contribution in [2.45, 2.75) is 25.8 Å². The highest BCUT2D eigenvalue weighted by atomic mass is 32.2. The Hall–Kier alpha value is -3.43. The molecular weight excluding hydrogens is 466 g/mol. The molecule has 0 bridgehead atoms. The summed E-state index contributed by atoms with van der Waals surface area (Å²) in [5.41, 5.74) is 6.14. The van der Waals surface area contributed by atoms with E-state index in [2.05, 4.69) is 51.2 Å². The molecule has 0 aliphatic rings. The zero-order valence-corrected chi connectivity index (χ0v) is 20.6. The summed E-state index contributed by atoms with van der Waals surface area (Å²) in [5, 5.41) is 4.23. The van der Waals surface area contributed by atoms with Crippen molar-refractivity contribution in [2.75, 3.05) is 17.7 Å². The molecule has 0 aliphatic heterocycles. The first kappa shape index (κ1) is 22.4. The Labute approximate surface area is 205 Å². The molecule has 0 spiro atoms. The van der Waals surface area contributed by atoms with E-state index >= 15 is 0 Å². The summed E-state index contributed by atoms with van der Waals surface area (Å²) in [4.78, 5) is 29.5. The van der Waals surface area contributed by atoms with Gasteiger partial charge in [-0.05, 0) is 74.4 Å². The number of hydrogen-bond donors (Lipinski definition) is 2. The van der Waals surface area contributed by atoms with E-state index in [1.165, 1.54) is 34.2 Å². The van der Waals surface area contributed by atoms with E-state index in [4.69, 9.17) is 4.74 Å². The van der Waals surface area contributed by atoms with Gasteiger partial charge in [0.05, 0.1) is 38.6 Å². The molecule has 2 aromatic carbocycles. The lowest BCUT2D eigenvalue weighted by Gasteiger charge is -2.02. The molecule has 0 fully saturated rings. The average Bonchev–Trinajstić information content (AvgIpc) is 3.41. The lowest BCUT2D eigenvalue weighted by Crippen LogP contribution is -2.13. The zero-order chi connectivity index (χ0) is 23.7. The molecule has 9 heteroatoms. The summed E-state index contributed by atoms with van der Waals surface area (Å²) in [7, 11) is 0. The van der Waals surface area contributed by atoms with Crippen LogP contribution < -0.4 is 10.1 Å². The number of hydrogen-bond acceptors (Lipinski definition) is 7. The van der Waals surface area contributed by atoms with Gasteiger partial charge < -0.3 is 15.0 Å². The molecule has 0 saturated heterocycles. The maximum absolute atomic E-state index is 12.4. The summed E-state index contributed by atoms with van der Waals surface area (Å²) in [5.74, 6) is 1.71. The number of aryl methyl sites for hydroxylation is 2. The van der Waals surface area contributed by atoms with Crippen LogP contribution in [0.1, 0.15) is 18.1 Å². The Kier molecular flexibility index (Phi) is 6.21. The quantitative estimate of drug-likeness (QED) is 0.273. The van der Waals surface area contributed by atoms with E-state index in [1.54, 1.807) is 6.20 Å². The number of benzene rings is 2. The highest BCUT2D eigenvalue weighted by Gasteiger charge is 2.11. The second-order valence-electron chi connectivity index (χ2n) is 7.84. The van der Waals surface area contributed by atoms with Gasteiger partial charge in [-0.25, -0.2) is 15.0 Å². The number of carbonyl (C=O) groups is 1. The first-order chi connectivity index (χ1) is 16.5. The van der Waals surface area contributed by atoms with E-state index in [1.807, 2.05) is 37.3 Å². The third kappa shape index (κ3) is 4.76. The third-order valence-corrected chi connectivity index (χ3v) is 7.25. The number of pyridine rings is 1. The van der Waals surface area contributed by atoms with Crippen LogP contribution in [0.15, 0.2) is 53.7 Å². The van der Waals surface area contributed by atoms with Crippen molar-refractivity contribution in [1.29, 1.82) is 0 Å². The van der Waals surface area contributed by atoms with Gasteiger partial charge in [-0.3, -0.25) is 4.79 Å². The highest BCUT2D eigenvalue weighted by Crippen LogP contribution is 2.30. The van der Waals surface area contributed by atoms with Gasteiger partial charge in [0.15, 0.2) is 5.13 Å². The fraction of sp³-hybridized carbons (Fsp3) is 0.200. The molecule has 172 valence electrons. The van der Waals surface area contributed by atoms with Crippen LogP contribution in [0.25, 0.3) is 32.6 Å². The molecule has 5 rings (SSSR count). The number of thioether (sulfide) groups is 1. The summed E-state index contributed by atoms with van der Waals surface area (Å²) in [6.07, 6.45) is 1.78. The number of carbonyl (C=O) groups excluding carboxylic acids is 1. The predicted octanol–water partition coefficient (Wildman–Crippen LogP) is 5.98. The molecule has 5 aromatic rings. The van der Waals surface area contributed by atoms with Gasteiger partial charge in [0, 0.05) is 11.8 Å². The first-order valence-corrected chi connectivity index (χ1v) is 12.7. The number of thiazole rings is 1. The van der Waals surface area contributed by atoms with Crippen molar-refractivity contribution in [2.24, 2.45) is 0 Å².